The fourth-order valence-electron chi connectivity index (χ4n) is 2.78. The van der Waals surface area contributed by atoms with Gasteiger partial charge in [0.2, 0.25) is 5.76 Å². The summed E-state index contributed by atoms with van der Waals surface area (Å²) in [6.07, 6.45) is 1.54. The number of nitrogens with zero attached hydrogens (tertiary/aromatic N) is 1. The second-order valence-electron chi connectivity index (χ2n) is 5.88. The third-order valence-corrected chi connectivity index (χ3v) is 4.10. The zero-order chi connectivity index (χ0) is 19.5. The van der Waals surface area contributed by atoms with Crippen LogP contribution in [0.5, 0.6) is 0 Å². The van der Waals surface area contributed by atoms with Gasteiger partial charge in [-0.1, -0.05) is 18.2 Å². The topological polar surface area (TPSA) is 91.8 Å². The van der Waals surface area contributed by atoms with Gasteiger partial charge in [-0.05, 0) is 36.4 Å². The van der Waals surface area contributed by atoms with Crippen molar-refractivity contribution in [3.05, 3.63) is 77.9 Å². The van der Waals surface area contributed by atoms with Crippen molar-refractivity contribution in [2.45, 2.75) is 6.61 Å². The molecular weight excluding hydrogens is 362 g/mol. The van der Waals surface area contributed by atoms with E-state index in [2.05, 4.69) is 9.72 Å². The lowest BCUT2D eigenvalue weighted by Gasteiger charge is -2.08. The molecule has 1 aromatic carbocycles. The van der Waals surface area contributed by atoms with E-state index in [1.807, 2.05) is 18.2 Å². The van der Waals surface area contributed by atoms with E-state index in [4.69, 9.17) is 13.6 Å². The van der Waals surface area contributed by atoms with Crippen molar-refractivity contribution < 1.29 is 27.9 Å². The van der Waals surface area contributed by atoms with Crippen molar-refractivity contribution in [3.63, 3.8) is 0 Å². The molecular formula is C21H15NO6. The van der Waals surface area contributed by atoms with Gasteiger partial charge in [-0.15, -0.1) is 0 Å². The number of carbonyl (C=O) groups excluding carboxylic acids is 2. The Balaban J connectivity index is 1.61. The second-order valence-corrected chi connectivity index (χ2v) is 5.88. The van der Waals surface area contributed by atoms with Crippen molar-refractivity contribution in [3.8, 4) is 11.5 Å². The van der Waals surface area contributed by atoms with Gasteiger partial charge < -0.3 is 18.3 Å². The van der Waals surface area contributed by atoms with E-state index in [1.54, 1.807) is 36.6 Å². The second kappa shape index (κ2) is 7.40. The maximum Gasteiger partial charge on any atom is 0.373 e. The number of para-hydroxylation sites is 1. The highest BCUT2D eigenvalue weighted by Crippen LogP contribution is 2.26. The predicted octanol–water partition coefficient (Wildman–Crippen LogP) is 4.23. The summed E-state index contributed by atoms with van der Waals surface area (Å²) in [7, 11) is 1.26. The van der Waals surface area contributed by atoms with Gasteiger partial charge in [0.15, 0.2) is 5.76 Å². The molecule has 0 bridgehead atoms. The molecule has 4 rings (SSSR count). The summed E-state index contributed by atoms with van der Waals surface area (Å²) in [5, 5.41) is 0.664. The quantitative estimate of drug-likeness (QED) is 0.481. The van der Waals surface area contributed by atoms with Crippen LogP contribution in [0.4, 0.5) is 0 Å². The molecule has 0 atom stereocenters. The smallest absolute Gasteiger partial charge is 0.373 e. The number of rotatable bonds is 5. The number of benzene rings is 1. The van der Waals surface area contributed by atoms with Crippen LogP contribution in [0.1, 0.15) is 26.7 Å². The van der Waals surface area contributed by atoms with E-state index in [-0.39, 0.29) is 12.4 Å². The standard InChI is InChI=1S/C21H15NO6/c1-25-21(24)19-9-8-13(28-19)12-27-20(23)15-11-17(18-7-4-10-26-18)22-16-6-3-2-5-14(15)16/h2-11H,12H2,1H3. The van der Waals surface area contributed by atoms with E-state index in [0.717, 1.165) is 0 Å². The highest BCUT2D eigenvalue weighted by Gasteiger charge is 2.17. The van der Waals surface area contributed by atoms with Crippen LogP contribution in [0, 0.1) is 0 Å². The molecule has 28 heavy (non-hydrogen) atoms. The summed E-state index contributed by atoms with van der Waals surface area (Å²) in [4.78, 5) is 28.7. The van der Waals surface area contributed by atoms with Crippen LogP contribution in [-0.4, -0.2) is 24.0 Å². The highest BCUT2D eigenvalue weighted by atomic mass is 16.5. The molecule has 4 aromatic rings. The minimum Gasteiger partial charge on any atom is -0.463 e. The van der Waals surface area contributed by atoms with Crippen LogP contribution in [-0.2, 0) is 16.1 Å². The molecule has 0 fully saturated rings. The summed E-state index contributed by atoms with van der Waals surface area (Å²) < 4.78 is 20.7. The number of esters is 2. The lowest BCUT2D eigenvalue weighted by Crippen LogP contribution is -2.07. The van der Waals surface area contributed by atoms with Gasteiger partial charge in [0.05, 0.1) is 24.5 Å². The summed E-state index contributed by atoms with van der Waals surface area (Å²) in [6, 6.07) is 15.4. The molecule has 3 aromatic heterocycles. The van der Waals surface area contributed by atoms with Crippen LogP contribution >= 0.6 is 0 Å². The number of methoxy groups -OCH3 is 1. The van der Waals surface area contributed by atoms with Gasteiger partial charge in [0.25, 0.3) is 0 Å². The average Bonchev–Trinajstić information content (AvgIpc) is 3.42. The Bertz CT molecular complexity index is 1140. The minimum atomic E-state index is -0.596. The Morgan fingerprint density at radius 3 is 2.68 bits per heavy atom. The molecule has 7 heteroatoms. The monoisotopic (exact) mass is 377 g/mol. The number of hydrogen-bond acceptors (Lipinski definition) is 7. The summed E-state index contributed by atoms with van der Waals surface area (Å²) in [5.74, 6) is -0.210. The number of fused-ring (bicyclic) bond motifs is 1. The van der Waals surface area contributed by atoms with Crippen LogP contribution < -0.4 is 0 Å². The first-order chi connectivity index (χ1) is 13.7. The minimum absolute atomic E-state index is 0.0445. The van der Waals surface area contributed by atoms with Crippen molar-refractivity contribution in [2.75, 3.05) is 7.11 Å². The van der Waals surface area contributed by atoms with Crippen molar-refractivity contribution >= 4 is 22.8 Å². The Kier molecular flexibility index (Phi) is 4.63. The molecule has 7 nitrogen and oxygen atoms in total. The van der Waals surface area contributed by atoms with Gasteiger partial charge in [-0.25, -0.2) is 14.6 Å². The summed E-state index contributed by atoms with van der Waals surface area (Å²) in [6.45, 7) is -0.122. The Labute approximate surface area is 159 Å². The van der Waals surface area contributed by atoms with Crippen LogP contribution in [0.2, 0.25) is 0 Å². The van der Waals surface area contributed by atoms with E-state index in [1.165, 1.54) is 13.2 Å². The number of hydrogen-bond donors (Lipinski definition) is 0. The predicted molar refractivity (Wildman–Crippen MR) is 98.6 cm³/mol. The number of pyridine rings is 1. The van der Waals surface area contributed by atoms with Crippen LogP contribution in [0.25, 0.3) is 22.4 Å². The molecule has 0 aliphatic rings. The molecule has 0 radical (unpaired) electrons. The molecule has 0 spiro atoms. The molecule has 3 heterocycles. The molecule has 0 aliphatic carbocycles. The van der Waals surface area contributed by atoms with E-state index >= 15 is 0 Å². The zero-order valence-corrected chi connectivity index (χ0v) is 14.9. The first-order valence-corrected chi connectivity index (χ1v) is 8.43. The van der Waals surface area contributed by atoms with Crippen molar-refractivity contribution in [1.29, 1.82) is 0 Å². The van der Waals surface area contributed by atoms with Gasteiger partial charge in [0, 0.05) is 5.39 Å². The van der Waals surface area contributed by atoms with E-state index < -0.39 is 11.9 Å². The third-order valence-electron chi connectivity index (χ3n) is 4.10. The number of carbonyl (C=O) groups is 2. The lowest BCUT2D eigenvalue weighted by atomic mass is 10.1. The van der Waals surface area contributed by atoms with Crippen molar-refractivity contribution in [1.82, 2.24) is 4.98 Å². The summed E-state index contributed by atoms with van der Waals surface area (Å²) >= 11 is 0. The van der Waals surface area contributed by atoms with E-state index in [9.17, 15) is 9.59 Å². The molecule has 0 amide bonds. The molecule has 0 saturated carbocycles. The SMILES string of the molecule is COC(=O)c1ccc(COC(=O)c2cc(-c3ccco3)nc3ccccc23)o1. The van der Waals surface area contributed by atoms with Crippen LogP contribution in [0.15, 0.2) is 69.7 Å². The zero-order valence-electron chi connectivity index (χ0n) is 14.9. The molecule has 0 saturated heterocycles. The van der Waals surface area contributed by atoms with Crippen molar-refractivity contribution in [2.24, 2.45) is 0 Å². The summed E-state index contributed by atoms with van der Waals surface area (Å²) in [5.41, 5.74) is 1.53. The Morgan fingerprint density at radius 2 is 1.89 bits per heavy atom. The average molecular weight is 377 g/mol. The van der Waals surface area contributed by atoms with Gasteiger partial charge >= 0.3 is 11.9 Å². The Morgan fingerprint density at radius 1 is 1.04 bits per heavy atom. The maximum absolute atomic E-state index is 12.7. The maximum atomic E-state index is 12.7. The van der Waals surface area contributed by atoms with Gasteiger partial charge in [-0.3, -0.25) is 0 Å². The fourth-order valence-corrected chi connectivity index (χ4v) is 2.78. The third kappa shape index (κ3) is 3.37. The largest absolute Gasteiger partial charge is 0.463 e. The number of ether oxygens (including phenoxy) is 2. The lowest BCUT2D eigenvalue weighted by molar-refractivity contribution is 0.0440. The van der Waals surface area contributed by atoms with E-state index in [0.29, 0.717) is 33.7 Å². The fraction of sp³-hybridized carbons (Fsp3) is 0.0952. The molecule has 140 valence electrons. The van der Waals surface area contributed by atoms with Gasteiger partial charge in [-0.2, -0.15) is 0 Å². The highest BCUT2D eigenvalue weighted by molar-refractivity contribution is 6.04. The number of aromatic nitrogens is 1. The Hall–Kier alpha value is -3.87. The van der Waals surface area contributed by atoms with Gasteiger partial charge in [0.1, 0.15) is 18.1 Å². The normalized spacial score (nSPS) is 10.8. The molecule has 0 aliphatic heterocycles. The first-order valence-electron chi connectivity index (χ1n) is 8.43. The molecule has 0 N–H and O–H groups in total. The number of furan rings is 2. The first kappa shape index (κ1) is 17.5. The van der Waals surface area contributed by atoms with Crippen LogP contribution in [0.3, 0.4) is 0 Å². The molecule has 0 unspecified atom stereocenters.